The van der Waals surface area contributed by atoms with Gasteiger partial charge < -0.3 is 20.7 Å². The fraction of sp³-hybridized carbons (Fsp3) is 0.458. The summed E-state index contributed by atoms with van der Waals surface area (Å²) in [6.07, 6.45) is 2.77. The number of thiol groups is 1. The molecule has 0 saturated heterocycles. The van der Waals surface area contributed by atoms with Gasteiger partial charge in [-0.2, -0.15) is 12.6 Å². The Balaban J connectivity index is 2.49. The molecular formula is C24H31FN4O5S. The van der Waals surface area contributed by atoms with Crippen LogP contribution in [0.15, 0.2) is 35.6 Å². The number of esters is 1. The molecule has 3 N–H and O–H groups in total. The van der Waals surface area contributed by atoms with Crippen molar-refractivity contribution in [1.82, 2.24) is 20.9 Å². The summed E-state index contributed by atoms with van der Waals surface area (Å²) in [5.74, 6) is -3.18. The largest absolute Gasteiger partial charge is 0.456 e. The van der Waals surface area contributed by atoms with E-state index in [-0.39, 0.29) is 36.0 Å². The van der Waals surface area contributed by atoms with Crippen molar-refractivity contribution in [2.24, 2.45) is 5.92 Å². The van der Waals surface area contributed by atoms with Crippen molar-refractivity contribution in [1.29, 1.82) is 0 Å². The second kappa shape index (κ2) is 13.0. The molecule has 0 fully saturated rings. The normalized spacial score (nSPS) is 20.4. The third-order valence-corrected chi connectivity index (χ3v) is 5.34. The summed E-state index contributed by atoms with van der Waals surface area (Å²) in [6.45, 7) is 6.42. The van der Waals surface area contributed by atoms with Gasteiger partial charge in [0.15, 0.2) is 0 Å². The molecule has 0 unspecified atom stereocenters. The summed E-state index contributed by atoms with van der Waals surface area (Å²) >= 11 is 4.14. The van der Waals surface area contributed by atoms with Gasteiger partial charge in [-0.3, -0.25) is 14.4 Å². The molecule has 0 spiro atoms. The Kier molecular flexibility index (Phi) is 10.4. The van der Waals surface area contributed by atoms with Crippen LogP contribution in [0.5, 0.6) is 0 Å². The quantitative estimate of drug-likeness (QED) is 0.215. The summed E-state index contributed by atoms with van der Waals surface area (Å²) < 4.78 is 19.8. The topological polar surface area (TPSA) is 126 Å². The Morgan fingerprint density at radius 3 is 2.57 bits per heavy atom. The van der Waals surface area contributed by atoms with E-state index in [1.807, 2.05) is 0 Å². The van der Waals surface area contributed by atoms with Crippen molar-refractivity contribution >= 4 is 36.3 Å². The lowest BCUT2D eigenvalue weighted by Gasteiger charge is -2.24. The number of carbonyl (C=O) groups excluding carboxylic acids is 4. The minimum atomic E-state index is -1.04. The van der Waals surface area contributed by atoms with E-state index >= 15 is 0 Å². The van der Waals surface area contributed by atoms with Crippen molar-refractivity contribution in [2.45, 2.75) is 59.2 Å². The van der Waals surface area contributed by atoms with Gasteiger partial charge in [0.25, 0.3) is 11.8 Å². The second-order valence-electron chi connectivity index (χ2n) is 8.55. The lowest BCUT2D eigenvalue weighted by atomic mass is 10.0. The minimum absolute atomic E-state index is 0.0632. The number of hydrogen-bond donors (Lipinski definition) is 4. The molecule has 1 aliphatic rings. The number of nitrogens with one attached hydrogen (secondary N) is 3. The Morgan fingerprint density at radius 2 is 1.94 bits per heavy atom. The maximum atomic E-state index is 14.3. The zero-order valence-electron chi connectivity index (χ0n) is 20.2. The van der Waals surface area contributed by atoms with Crippen LogP contribution in [-0.2, 0) is 25.7 Å². The van der Waals surface area contributed by atoms with Crippen LogP contribution in [0.4, 0.5) is 4.39 Å². The summed E-state index contributed by atoms with van der Waals surface area (Å²) in [6, 6.07) is 1.20. The van der Waals surface area contributed by atoms with Crippen LogP contribution >= 0.6 is 12.6 Å². The molecule has 9 nitrogen and oxygen atoms in total. The van der Waals surface area contributed by atoms with Gasteiger partial charge in [-0.25, -0.2) is 14.2 Å². The highest BCUT2D eigenvalue weighted by atomic mass is 32.1. The number of hydrogen-bond acceptors (Lipinski definition) is 7. The van der Waals surface area contributed by atoms with Crippen LogP contribution in [0.1, 0.15) is 56.7 Å². The number of halogens is 1. The number of allylic oxidation sites excluding steroid dienone is 2. The lowest BCUT2D eigenvalue weighted by molar-refractivity contribution is -0.153. The first-order valence-electron chi connectivity index (χ1n) is 11.2. The molecule has 0 aromatic carbocycles. The van der Waals surface area contributed by atoms with Gasteiger partial charge in [0.2, 0.25) is 5.91 Å². The fourth-order valence-corrected chi connectivity index (χ4v) is 3.31. The van der Waals surface area contributed by atoms with Crippen LogP contribution in [-0.4, -0.2) is 46.6 Å². The molecule has 2 heterocycles. The highest BCUT2D eigenvalue weighted by molar-refractivity contribution is 7.80. The van der Waals surface area contributed by atoms with Gasteiger partial charge in [-0.15, -0.1) is 0 Å². The third kappa shape index (κ3) is 8.20. The number of aromatic nitrogens is 1. The van der Waals surface area contributed by atoms with Crippen molar-refractivity contribution in [3.63, 3.8) is 0 Å². The molecule has 1 aromatic rings. The van der Waals surface area contributed by atoms with E-state index < -0.39 is 41.7 Å². The summed E-state index contributed by atoms with van der Waals surface area (Å²) in [7, 11) is 0. The molecule has 11 heteroatoms. The molecule has 2 rings (SSSR count). The monoisotopic (exact) mass is 506 g/mol. The molecule has 2 bridgehead atoms. The first-order valence-corrected chi connectivity index (χ1v) is 11.9. The summed E-state index contributed by atoms with van der Waals surface area (Å²) in [5, 5.41) is 7.64. The van der Waals surface area contributed by atoms with Crippen LogP contribution in [0.3, 0.4) is 0 Å². The van der Waals surface area contributed by atoms with Gasteiger partial charge in [0.1, 0.15) is 29.4 Å². The number of carbonyl (C=O) groups is 4. The number of cyclic esters (lactones) is 1. The average Bonchev–Trinajstić information content (AvgIpc) is 2.79. The minimum Gasteiger partial charge on any atom is -0.456 e. The van der Waals surface area contributed by atoms with E-state index in [4.69, 9.17) is 4.74 Å². The van der Waals surface area contributed by atoms with Crippen molar-refractivity contribution in [2.75, 3.05) is 5.75 Å². The number of nitrogens with zero attached hydrogens (tertiary/aromatic N) is 1. The molecule has 1 aromatic heterocycles. The van der Waals surface area contributed by atoms with E-state index in [0.717, 1.165) is 6.07 Å². The Hall–Kier alpha value is -3.21. The van der Waals surface area contributed by atoms with E-state index in [0.29, 0.717) is 17.7 Å². The number of pyridine rings is 1. The SMILES string of the molecule is CC(C)=C1NC(=O)c2ccc(F)c(n2)CNC(=O)C[C@@H](/C=C/CCS)OC(=O)[C@H](C(C)C)NC1=O. The molecule has 190 valence electrons. The van der Waals surface area contributed by atoms with Crippen molar-refractivity contribution < 1.29 is 28.3 Å². The van der Waals surface area contributed by atoms with Gasteiger partial charge in [-0.1, -0.05) is 19.9 Å². The zero-order valence-corrected chi connectivity index (χ0v) is 21.1. The third-order valence-electron chi connectivity index (χ3n) is 5.08. The van der Waals surface area contributed by atoms with E-state index in [1.54, 1.807) is 39.8 Å². The first kappa shape index (κ1) is 28.0. The van der Waals surface area contributed by atoms with E-state index in [2.05, 4.69) is 33.6 Å². The summed E-state index contributed by atoms with van der Waals surface area (Å²) in [5.41, 5.74) is 0.128. The van der Waals surface area contributed by atoms with Gasteiger partial charge in [-0.05, 0) is 55.7 Å². The van der Waals surface area contributed by atoms with Gasteiger partial charge >= 0.3 is 5.97 Å². The lowest BCUT2D eigenvalue weighted by Crippen LogP contribution is -2.49. The van der Waals surface area contributed by atoms with Gasteiger partial charge in [0, 0.05) is 0 Å². The standard InChI is InChI=1S/C24H31FN4O5S/c1-13(2)20-23(32)29-21(14(3)4)24(33)34-15(7-5-6-10-35)11-19(30)26-12-18-16(25)8-9-17(27-18)22(31)28-20/h5,7-9,14-15,21,35H,6,10-12H2,1-4H3,(H,26,30)(H,28,31)(H,29,32)/b7-5+/t15-,21+/m1/s1. The molecule has 0 saturated carbocycles. The van der Waals surface area contributed by atoms with Crippen LogP contribution < -0.4 is 16.0 Å². The molecular weight excluding hydrogens is 475 g/mol. The predicted molar refractivity (Wildman–Crippen MR) is 131 cm³/mol. The Bertz CT molecular complexity index is 1040. The summed E-state index contributed by atoms with van der Waals surface area (Å²) in [4.78, 5) is 55.3. The number of ether oxygens (including phenoxy) is 1. The Morgan fingerprint density at radius 1 is 1.23 bits per heavy atom. The van der Waals surface area contributed by atoms with Crippen LogP contribution in [0.2, 0.25) is 0 Å². The number of amides is 3. The molecule has 1 aliphatic heterocycles. The smallest absolute Gasteiger partial charge is 0.329 e. The highest BCUT2D eigenvalue weighted by Crippen LogP contribution is 2.13. The van der Waals surface area contributed by atoms with E-state index in [9.17, 15) is 23.6 Å². The molecule has 35 heavy (non-hydrogen) atoms. The fourth-order valence-electron chi connectivity index (χ4n) is 3.16. The number of rotatable bonds is 4. The average molecular weight is 507 g/mol. The maximum Gasteiger partial charge on any atom is 0.329 e. The van der Waals surface area contributed by atoms with Crippen LogP contribution in [0, 0.1) is 11.7 Å². The second-order valence-corrected chi connectivity index (χ2v) is 8.99. The number of fused-ring (bicyclic) bond motifs is 2. The maximum absolute atomic E-state index is 14.3. The van der Waals surface area contributed by atoms with Crippen LogP contribution in [0.25, 0.3) is 0 Å². The zero-order chi connectivity index (χ0) is 26.1. The first-order chi connectivity index (χ1) is 16.5. The van der Waals surface area contributed by atoms with Crippen molar-refractivity contribution in [3.8, 4) is 0 Å². The van der Waals surface area contributed by atoms with Crippen molar-refractivity contribution in [3.05, 3.63) is 52.8 Å². The van der Waals surface area contributed by atoms with E-state index in [1.165, 1.54) is 6.07 Å². The molecule has 3 amide bonds. The highest BCUT2D eigenvalue weighted by Gasteiger charge is 2.30. The molecule has 0 radical (unpaired) electrons. The Labute approximate surface area is 209 Å². The molecule has 2 atom stereocenters. The van der Waals surface area contributed by atoms with Gasteiger partial charge in [0.05, 0.1) is 18.7 Å². The predicted octanol–water partition coefficient (Wildman–Crippen LogP) is 2.19. The molecule has 0 aliphatic carbocycles.